The van der Waals surface area contributed by atoms with Crippen LogP contribution in [-0.2, 0) is 4.79 Å². The molecule has 0 saturated heterocycles. The van der Waals surface area contributed by atoms with Gasteiger partial charge in [0.2, 0.25) is 0 Å². The normalized spacial score (nSPS) is 13.2. The number of hydrogen-bond donors (Lipinski definition) is 1. The molecule has 1 aromatic heterocycles. The molecule has 0 bridgehead atoms. The Bertz CT molecular complexity index is 403. The van der Waals surface area contributed by atoms with E-state index in [4.69, 9.17) is 9.84 Å². The minimum absolute atomic E-state index is 0.0820. The molecule has 1 aliphatic rings. The Balaban J connectivity index is 2.15. The van der Waals surface area contributed by atoms with Crippen LogP contribution >= 0.6 is 0 Å². The number of anilines is 1. The maximum atomic E-state index is 10.5. The Labute approximate surface area is 86.6 Å². The summed E-state index contributed by atoms with van der Waals surface area (Å²) in [4.78, 5) is 16.2. The summed E-state index contributed by atoms with van der Waals surface area (Å²) < 4.78 is 5.25. The summed E-state index contributed by atoms with van der Waals surface area (Å²) >= 11 is 0. The van der Waals surface area contributed by atoms with Gasteiger partial charge in [0.1, 0.15) is 11.9 Å². The number of aromatic nitrogens is 1. The van der Waals surface area contributed by atoms with Crippen LogP contribution in [0.4, 0.5) is 5.69 Å². The molecule has 1 aromatic rings. The summed E-state index contributed by atoms with van der Waals surface area (Å²) in [6.07, 6.45) is 6.60. The second-order valence-electron chi connectivity index (χ2n) is 3.08. The summed E-state index contributed by atoms with van der Waals surface area (Å²) in [6.45, 7) is 0.411. The van der Waals surface area contributed by atoms with Crippen molar-refractivity contribution in [2.75, 3.05) is 11.4 Å². The van der Waals surface area contributed by atoms with Gasteiger partial charge < -0.3 is 14.7 Å². The van der Waals surface area contributed by atoms with E-state index in [1.165, 1.54) is 6.26 Å². The molecule has 2 heterocycles. The molecule has 5 nitrogen and oxygen atoms in total. The standard InChI is InChI=1S/C10H10N2O3/c13-10(14)2-4-12-5-6-15-9-1-3-11-7-8(9)12/h1,3,5-7H,2,4H2,(H,13,14). The maximum absolute atomic E-state index is 10.5. The average molecular weight is 206 g/mol. The van der Waals surface area contributed by atoms with Crippen molar-refractivity contribution in [1.29, 1.82) is 0 Å². The van der Waals surface area contributed by atoms with Crippen molar-refractivity contribution in [2.24, 2.45) is 0 Å². The third-order valence-electron chi connectivity index (χ3n) is 2.07. The van der Waals surface area contributed by atoms with E-state index in [0.717, 1.165) is 5.69 Å². The molecule has 0 atom stereocenters. The first-order valence-electron chi connectivity index (χ1n) is 4.53. The highest BCUT2D eigenvalue weighted by Crippen LogP contribution is 2.30. The number of fused-ring (bicyclic) bond motifs is 1. The van der Waals surface area contributed by atoms with Crippen LogP contribution in [0.1, 0.15) is 6.42 Å². The van der Waals surface area contributed by atoms with E-state index in [0.29, 0.717) is 12.3 Å². The van der Waals surface area contributed by atoms with Crippen molar-refractivity contribution in [3.63, 3.8) is 0 Å². The van der Waals surface area contributed by atoms with E-state index in [1.807, 2.05) is 0 Å². The summed E-state index contributed by atoms with van der Waals surface area (Å²) in [7, 11) is 0. The highest BCUT2D eigenvalue weighted by atomic mass is 16.5. The van der Waals surface area contributed by atoms with E-state index in [2.05, 4.69) is 4.98 Å². The lowest BCUT2D eigenvalue weighted by Crippen LogP contribution is -2.23. The van der Waals surface area contributed by atoms with Crippen LogP contribution in [0, 0.1) is 0 Å². The Hall–Kier alpha value is -2.04. The van der Waals surface area contributed by atoms with Crippen LogP contribution < -0.4 is 9.64 Å². The van der Waals surface area contributed by atoms with Crippen molar-refractivity contribution in [2.45, 2.75) is 6.42 Å². The van der Waals surface area contributed by atoms with Gasteiger partial charge >= 0.3 is 5.97 Å². The fourth-order valence-electron chi connectivity index (χ4n) is 1.36. The topological polar surface area (TPSA) is 62.7 Å². The third kappa shape index (κ3) is 2.07. The number of carbonyl (C=O) groups is 1. The second-order valence-corrected chi connectivity index (χ2v) is 3.08. The monoisotopic (exact) mass is 206 g/mol. The fourth-order valence-corrected chi connectivity index (χ4v) is 1.36. The van der Waals surface area contributed by atoms with Gasteiger partial charge in [0.05, 0.1) is 12.6 Å². The van der Waals surface area contributed by atoms with Crippen LogP contribution in [0.2, 0.25) is 0 Å². The molecule has 78 valence electrons. The predicted octanol–water partition coefficient (Wildman–Crippen LogP) is 1.23. The summed E-state index contributed by atoms with van der Waals surface area (Å²) in [5.41, 5.74) is 0.793. The summed E-state index contributed by atoms with van der Waals surface area (Å²) in [5.74, 6) is -0.127. The lowest BCUT2D eigenvalue weighted by atomic mass is 10.3. The Morgan fingerprint density at radius 2 is 2.47 bits per heavy atom. The molecule has 5 heteroatoms. The van der Waals surface area contributed by atoms with Crippen LogP contribution in [0.5, 0.6) is 5.75 Å². The third-order valence-corrected chi connectivity index (χ3v) is 2.07. The number of carboxylic acid groups (broad SMARTS) is 1. The van der Waals surface area contributed by atoms with Crippen LogP contribution in [0.3, 0.4) is 0 Å². The zero-order chi connectivity index (χ0) is 10.7. The molecule has 0 unspecified atom stereocenters. The molecule has 0 aliphatic carbocycles. The fraction of sp³-hybridized carbons (Fsp3) is 0.200. The van der Waals surface area contributed by atoms with E-state index in [-0.39, 0.29) is 6.42 Å². The van der Waals surface area contributed by atoms with Crippen molar-refractivity contribution >= 4 is 11.7 Å². The minimum Gasteiger partial charge on any atom is -0.481 e. The molecule has 0 spiro atoms. The van der Waals surface area contributed by atoms with Gasteiger partial charge in [-0.2, -0.15) is 0 Å². The Morgan fingerprint density at radius 3 is 3.27 bits per heavy atom. The van der Waals surface area contributed by atoms with E-state index >= 15 is 0 Å². The highest BCUT2D eigenvalue weighted by Gasteiger charge is 2.14. The number of carboxylic acids is 1. The lowest BCUT2D eigenvalue weighted by Gasteiger charge is -2.24. The maximum Gasteiger partial charge on any atom is 0.305 e. The van der Waals surface area contributed by atoms with Gasteiger partial charge in [-0.05, 0) is 0 Å². The molecule has 0 aromatic carbocycles. The van der Waals surface area contributed by atoms with Crippen molar-refractivity contribution < 1.29 is 14.6 Å². The van der Waals surface area contributed by atoms with Gasteiger partial charge in [-0.1, -0.05) is 0 Å². The van der Waals surface area contributed by atoms with Gasteiger partial charge in [-0.25, -0.2) is 0 Å². The first kappa shape index (κ1) is 9.51. The largest absolute Gasteiger partial charge is 0.481 e. The van der Waals surface area contributed by atoms with E-state index in [1.54, 1.807) is 29.6 Å². The number of hydrogen-bond acceptors (Lipinski definition) is 4. The van der Waals surface area contributed by atoms with Crippen molar-refractivity contribution in [3.8, 4) is 5.75 Å². The van der Waals surface area contributed by atoms with Crippen molar-refractivity contribution in [3.05, 3.63) is 30.9 Å². The zero-order valence-electron chi connectivity index (χ0n) is 7.96. The molecule has 1 N–H and O–H groups in total. The molecule has 0 radical (unpaired) electrons. The molecule has 15 heavy (non-hydrogen) atoms. The molecular formula is C10H10N2O3. The molecule has 0 amide bonds. The average Bonchev–Trinajstić information content (AvgIpc) is 2.26. The smallest absolute Gasteiger partial charge is 0.305 e. The van der Waals surface area contributed by atoms with Crippen LogP contribution in [0.15, 0.2) is 30.9 Å². The molecular weight excluding hydrogens is 196 g/mol. The number of ether oxygens (including phenoxy) is 1. The van der Waals surface area contributed by atoms with E-state index < -0.39 is 5.97 Å². The number of aliphatic carboxylic acids is 1. The van der Waals surface area contributed by atoms with E-state index in [9.17, 15) is 4.79 Å². The number of rotatable bonds is 3. The van der Waals surface area contributed by atoms with Crippen molar-refractivity contribution in [1.82, 2.24) is 4.98 Å². The van der Waals surface area contributed by atoms with Crippen LogP contribution in [-0.4, -0.2) is 22.6 Å². The molecule has 0 fully saturated rings. The van der Waals surface area contributed by atoms with Gasteiger partial charge in [-0.15, -0.1) is 0 Å². The minimum atomic E-state index is -0.819. The summed E-state index contributed by atoms with van der Waals surface area (Å²) in [5, 5.41) is 8.59. The number of nitrogens with zero attached hydrogens (tertiary/aromatic N) is 2. The predicted molar refractivity (Wildman–Crippen MR) is 53.6 cm³/mol. The van der Waals surface area contributed by atoms with Gasteiger partial charge in [0.25, 0.3) is 0 Å². The SMILES string of the molecule is O=C(O)CCN1C=COc2ccncc21. The lowest BCUT2D eigenvalue weighted by molar-refractivity contribution is -0.136. The Kier molecular flexibility index (Phi) is 2.53. The van der Waals surface area contributed by atoms with Gasteiger partial charge in [0, 0.05) is 25.0 Å². The molecule has 2 rings (SSSR count). The molecule has 1 aliphatic heterocycles. The highest BCUT2D eigenvalue weighted by molar-refractivity contribution is 5.69. The summed E-state index contributed by atoms with van der Waals surface area (Å²) in [6, 6.07) is 1.74. The first-order valence-corrected chi connectivity index (χ1v) is 4.53. The first-order chi connectivity index (χ1) is 7.27. The zero-order valence-corrected chi connectivity index (χ0v) is 7.96. The van der Waals surface area contributed by atoms with Gasteiger partial charge in [-0.3, -0.25) is 9.78 Å². The van der Waals surface area contributed by atoms with Gasteiger partial charge in [0.15, 0.2) is 5.75 Å². The second kappa shape index (κ2) is 4.00. The Morgan fingerprint density at radius 1 is 1.60 bits per heavy atom. The number of pyridine rings is 1. The molecule has 0 saturated carbocycles. The van der Waals surface area contributed by atoms with Crippen LogP contribution in [0.25, 0.3) is 0 Å². The quantitative estimate of drug-likeness (QED) is 0.805.